The number of nitrogens with zero attached hydrogens (tertiary/aromatic N) is 3. The van der Waals surface area contributed by atoms with Crippen LogP contribution in [-0.4, -0.2) is 21.0 Å². The normalized spacial score (nSPS) is 10.6. The van der Waals surface area contributed by atoms with Gasteiger partial charge in [-0.2, -0.15) is 4.98 Å². The molecule has 2 aromatic carbocycles. The molecule has 0 aliphatic rings. The minimum Gasteiger partial charge on any atom is -0.348 e. The summed E-state index contributed by atoms with van der Waals surface area (Å²) in [6, 6.07) is 16.5. The highest BCUT2D eigenvalue weighted by molar-refractivity contribution is 5.95. The molecule has 28 heavy (non-hydrogen) atoms. The molecule has 1 amide bonds. The van der Waals surface area contributed by atoms with Crippen molar-refractivity contribution in [2.75, 3.05) is 0 Å². The van der Waals surface area contributed by atoms with Crippen LogP contribution in [-0.2, 0) is 6.54 Å². The van der Waals surface area contributed by atoms with E-state index in [2.05, 4.69) is 20.4 Å². The summed E-state index contributed by atoms with van der Waals surface area (Å²) in [5.41, 5.74) is 2.49. The number of amides is 1. The lowest BCUT2D eigenvalue weighted by Crippen LogP contribution is -2.22. The Kier molecular flexibility index (Phi) is 4.88. The van der Waals surface area contributed by atoms with Crippen LogP contribution in [0.25, 0.3) is 22.8 Å². The summed E-state index contributed by atoms with van der Waals surface area (Å²) in [7, 11) is 0. The second-order valence-electron chi connectivity index (χ2n) is 6.06. The predicted molar refractivity (Wildman–Crippen MR) is 101 cm³/mol. The Morgan fingerprint density at radius 2 is 1.89 bits per heavy atom. The number of hydrogen-bond donors (Lipinski definition) is 1. The second kappa shape index (κ2) is 7.79. The van der Waals surface area contributed by atoms with Crippen molar-refractivity contribution >= 4 is 5.91 Å². The number of carbonyl (C=O) groups excluding carboxylic acids is 1. The van der Waals surface area contributed by atoms with Gasteiger partial charge in [0.15, 0.2) is 0 Å². The second-order valence-corrected chi connectivity index (χ2v) is 6.06. The molecule has 6 nitrogen and oxygen atoms in total. The number of hydrogen-bond acceptors (Lipinski definition) is 5. The first-order chi connectivity index (χ1) is 13.7. The molecule has 0 radical (unpaired) electrons. The fourth-order valence-corrected chi connectivity index (χ4v) is 2.67. The lowest BCUT2D eigenvalue weighted by Gasteiger charge is -2.05. The van der Waals surface area contributed by atoms with Gasteiger partial charge < -0.3 is 9.84 Å². The summed E-state index contributed by atoms with van der Waals surface area (Å²) >= 11 is 0. The smallest absolute Gasteiger partial charge is 0.258 e. The van der Waals surface area contributed by atoms with Gasteiger partial charge in [0.05, 0.1) is 0 Å². The third kappa shape index (κ3) is 3.93. The molecule has 0 saturated carbocycles. The molecule has 0 fully saturated rings. The average Bonchev–Trinajstić information content (AvgIpc) is 3.23. The van der Waals surface area contributed by atoms with E-state index in [0.29, 0.717) is 23.2 Å². The number of benzene rings is 2. The molecule has 2 aromatic heterocycles. The SMILES string of the molecule is O=C(NCc1cccnc1)c1cccc(-c2nc(-c3cccc(F)c3)no2)c1. The molecular weight excluding hydrogens is 359 g/mol. The molecule has 0 aliphatic carbocycles. The predicted octanol–water partition coefficient (Wildman–Crippen LogP) is 3.87. The largest absolute Gasteiger partial charge is 0.348 e. The quantitative estimate of drug-likeness (QED) is 0.574. The van der Waals surface area contributed by atoms with Gasteiger partial charge in [0.25, 0.3) is 11.8 Å². The molecule has 4 aromatic rings. The Morgan fingerprint density at radius 3 is 2.71 bits per heavy atom. The first-order valence-corrected chi connectivity index (χ1v) is 8.56. The van der Waals surface area contributed by atoms with Crippen LogP contribution in [0.4, 0.5) is 4.39 Å². The highest BCUT2D eigenvalue weighted by atomic mass is 19.1. The van der Waals surface area contributed by atoms with E-state index in [1.165, 1.54) is 12.1 Å². The summed E-state index contributed by atoms with van der Waals surface area (Å²) in [5, 5.41) is 6.74. The van der Waals surface area contributed by atoms with Crippen LogP contribution in [0.3, 0.4) is 0 Å². The summed E-state index contributed by atoms with van der Waals surface area (Å²) in [6.45, 7) is 0.376. The summed E-state index contributed by atoms with van der Waals surface area (Å²) < 4.78 is 18.7. The first-order valence-electron chi connectivity index (χ1n) is 8.56. The Morgan fingerprint density at radius 1 is 1.04 bits per heavy atom. The van der Waals surface area contributed by atoms with Crippen molar-refractivity contribution in [3.63, 3.8) is 0 Å². The van der Waals surface area contributed by atoms with Crippen LogP contribution in [0.15, 0.2) is 77.6 Å². The van der Waals surface area contributed by atoms with E-state index in [1.54, 1.807) is 48.8 Å². The van der Waals surface area contributed by atoms with Gasteiger partial charge in [-0.1, -0.05) is 29.4 Å². The topological polar surface area (TPSA) is 80.9 Å². The zero-order valence-corrected chi connectivity index (χ0v) is 14.7. The zero-order valence-electron chi connectivity index (χ0n) is 14.7. The molecule has 0 bridgehead atoms. The van der Waals surface area contributed by atoms with Gasteiger partial charge in [0.2, 0.25) is 5.82 Å². The van der Waals surface area contributed by atoms with E-state index >= 15 is 0 Å². The molecule has 2 heterocycles. The Bertz CT molecular complexity index is 1110. The molecule has 0 aliphatic heterocycles. The molecule has 0 spiro atoms. The van der Waals surface area contributed by atoms with Crippen LogP contribution < -0.4 is 5.32 Å². The summed E-state index contributed by atoms with van der Waals surface area (Å²) in [4.78, 5) is 20.7. The highest BCUT2D eigenvalue weighted by Gasteiger charge is 2.13. The maximum atomic E-state index is 13.4. The van der Waals surface area contributed by atoms with Crippen LogP contribution in [0.1, 0.15) is 15.9 Å². The van der Waals surface area contributed by atoms with E-state index in [0.717, 1.165) is 5.56 Å². The Hall–Kier alpha value is -3.87. The van der Waals surface area contributed by atoms with Crippen molar-refractivity contribution in [2.24, 2.45) is 0 Å². The molecule has 1 N–H and O–H groups in total. The van der Waals surface area contributed by atoms with E-state index in [4.69, 9.17) is 4.52 Å². The molecule has 0 unspecified atom stereocenters. The fraction of sp³-hybridized carbons (Fsp3) is 0.0476. The van der Waals surface area contributed by atoms with Gasteiger partial charge in [-0.3, -0.25) is 9.78 Å². The number of carbonyl (C=O) groups is 1. The van der Waals surface area contributed by atoms with Crippen molar-refractivity contribution in [2.45, 2.75) is 6.54 Å². The number of aromatic nitrogens is 3. The van der Waals surface area contributed by atoms with Crippen molar-refractivity contribution in [3.05, 3.63) is 90.0 Å². The van der Waals surface area contributed by atoms with E-state index in [9.17, 15) is 9.18 Å². The molecule has 4 rings (SSSR count). The first kappa shape index (κ1) is 17.5. The fourth-order valence-electron chi connectivity index (χ4n) is 2.67. The zero-order chi connectivity index (χ0) is 19.3. The Labute approximate surface area is 160 Å². The van der Waals surface area contributed by atoms with Crippen molar-refractivity contribution < 1.29 is 13.7 Å². The maximum absolute atomic E-state index is 13.4. The summed E-state index contributed by atoms with van der Waals surface area (Å²) in [5.74, 6) is -0.0752. The van der Waals surface area contributed by atoms with Gasteiger partial charge >= 0.3 is 0 Å². The lowest BCUT2D eigenvalue weighted by molar-refractivity contribution is 0.0951. The minimum atomic E-state index is -0.379. The lowest BCUT2D eigenvalue weighted by atomic mass is 10.1. The maximum Gasteiger partial charge on any atom is 0.258 e. The number of rotatable bonds is 5. The van der Waals surface area contributed by atoms with Gasteiger partial charge in [-0.15, -0.1) is 0 Å². The Balaban J connectivity index is 1.51. The van der Waals surface area contributed by atoms with Gasteiger partial charge in [-0.05, 0) is 42.0 Å². The van der Waals surface area contributed by atoms with Crippen LogP contribution in [0, 0.1) is 5.82 Å². The molecule has 7 heteroatoms. The number of halogens is 1. The van der Waals surface area contributed by atoms with Gasteiger partial charge in [0.1, 0.15) is 5.82 Å². The molecular formula is C21H15FN4O2. The van der Waals surface area contributed by atoms with Crippen molar-refractivity contribution in [1.29, 1.82) is 0 Å². The van der Waals surface area contributed by atoms with Gasteiger partial charge in [0, 0.05) is 35.6 Å². The van der Waals surface area contributed by atoms with E-state index in [-0.39, 0.29) is 23.4 Å². The van der Waals surface area contributed by atoms with Crippen LogP contribution in [0.2, 0.25) is 0 Å². The monoisotopic (exact) mass is 374 g/mol. The highest BCUT2D eigenvalue weighted by Crippen LogP contribution is 2.23. The molecule has 0 atom stereocenters. The summed E-state index contributed by atoms with van der Waals surface area (Å²) in [6.07, 6.45) is 3.38. The third-order valence-electron chi connectivity index (χ3n) is 4.06. The van der Waals surface area contributed by atoms with Crippen molar-refractivity contribution in [1.82, 2.24) is 20.4 Å². The standard InChI is InChI=1S/C21H15FN4O2/c22-18-8-2-5-15(11-18)19-25-21(28-26-19)17-7-1-6-16(10-17)20(27)24-13-14-4-3-9-23-12-14/h1-12H,13H2,(H,24,27). The van der Waals surface area contributed by atoms with Crippen LogP contribution >= 0.6 is 0 Å². The molecule has 0 saturated heterocycles. The van der Waals surface area contributed by atoms with E-state index < -0.39 is 0 Å². The molecule has 138 valence electrons. The van der Waals surface area contributed by atoms with Crippen LogP contribution in [0.5, 0.6) is 0 Å². The minimum absolute atomic E-state index is 0.226. The average molecular weight is 374 g/mol. The number of pyridine rings is 1. The third-order valence-corrected chi connectivity index (χ3v) is 4.06. The van der Waals surface area contributed by atoms with Crippen molar-refractivity contribution in [3.8, 4) is 22.8 Å². The van der Waals surface area contributed by atoms with E-state index in [1.807, 2.05) is 12.1 Å². The van der Waals surface area contributed by atoms with Gasteiger partial charge in [-0.25, -0.2) is 4.39 Å². The number of nitrogens with one attached hydrogen (secondary N) is 1.